The van der Waals surface area contributed by atoms with Crippen LogP contribution in [0.3, 0.4) is 0 Å². The van der Waals surface area contributed by atoms with Crippen LogP contribution in [-0.2, 0) is 14.4 Å². The largest absolute Gasteiger partial charge is 0.413 e. The molecular formula is C10H7NO6. The van der Waals surface area contributed by atoms with Crippen molar-refractivity contribution in [3.05, 3.63) is 34.4 Å². The maximum absolute atomic E-state index is 11.1. The molecule has 0 bridgehead atoms. The molecule has 0 atom stereocenters. The molecule has 0 aliphatic heterocycles. The van der Waals surface area contributed by atoms with Gasteiger partial charge in [-0.15, -0.1) is 0 Å². The number of hydrogen-bond donors (Lipinski definition) is 0. The lowest BCUT2D eigenvalue weighted by atomic mass is 10.3. The molecule has 0 N–H and O–H groups in total. The van der Waals surface area contributed by atoms with E-state index in [4.69, 9.17) is 0 Å². The van der Waals surface area contributed by atoms with Gasteiger partial charge in [0.05, 0.1) is 11.3 Å². The van der Waals surface area contributed by atoms with E-state index >= 15 is 0 Å². The zero-order valence-corrected chi connectivity index (χ0v) is 8.49. The van der Waals surface area contributed by atoms with E-state index in [1.165, 1.54) is 18.2 Å². The molecule has 0 fully saturated rings. The van der Waals surface area contributed by atoms with Crippen molar-refractivity contribution in [2.75, 3.05) is 0 Å². The predicted octanol–water partition coefficient (Wildman–Crippen LogP) is 0.658. The Kier molecular flexibility index (Phi) is 4.04. The maximum atomic E-state index is 11.1. The molecule has 0 saturated heterocycles. The summed E-state index contributed by atoms with van der Waals surface area (Å²) in [6, 6.07) is 5.12. The minimum Gasteiger partial charge on any atom is -0.413 e. The van der Waals surface area contributed by atoms with Crippen molar-refractivity contribution >= 4 is 23.7 Å². The average Bonchev–Trinajstić information content (AvgIpc) is 2.29. The molecular weight excluding hydrogens is 230 g/mol. The van der Waals surface area contributed by atoms with Gasteiger partial charge in [0.15, 0.2) is 0 Å². The molecule has 1 aromatic carbocycles. The van der Waals surface area contributed by atoms with Gasteiger partial charge in [-0.2, -0.15) is 0 Å². The highest BCUT2D eigenvalue weighted by Gasteiger charge is 2.21. The quantitative estimate of drug-likeness (QED) is 0.142. The molecule has 0 aromatic heterocycles. The second-order valence-electron chi connectivity index (χ2n) is 2.91. The minimum absolute atomic E-state index is 0.253. The highest BCUT2D eigenvalue weighted by molar-refractivity contribution is 6.36. The number of nitro groups is 1. The molecule has 0 radical (unpaired) electrons. The third-order valence-corrected chi connectivity index (χ3v) is 1.76. The molecule has 1 aromatic rings. The number of nitrogens with zero attached hydrogens (tertiary/aromatic N) is 1. The molecule has 0 aliphatic rings. The number of benzene rings is 1. The molecule has 0 amide bonds. The van der Waals surface area contributed by atoms with Gasteiger partial charge in [-0.25, -0.2) is 4.79 Å². The number of esters is 1. The molecule has 88 valence electrons. The molecule has 17 heavy (non-hydrogen) atoms. The Hall–Kier alpha value is -2.57. The lowest BCUT2D eigenvalue weighted by molar-refractivity contribution is -0.385. The fourth-order valence-corrected chi connectivity index (χ4v) is 1.01. The Morgan fingerprint density at radius 3 is 2.59 bits per heavy atom. The first-order chi connectivity index (χ1) is 8.06. The number of ketones is 1. The number of hydrogen-bond acceptors (Lipinski definition) is 6. The van der Waals surface area contributed by atoms with Crippen LogP contribution in [0.2, 0.25) is 0 Å². The molecule has 7 heteroatoms. The summed E-state index contributed by atoms with van der Waals surface area (Å²) in [4.78, 5) is 41.9. The number of carbonyl (C=O) groups excluding carboxylic acids is 3. The Bertz CT molecular complexity index is 481. The van der Waals surface area contributed by atoms with E-state index in [0.717, 1.165) is 6.07 Å². The highest BCUT2D eigenvalue weighted by Crippen LogP contribution is 2.25. The van der Waals surface area contributed by atoms with Gasteiger partial charge < -0.3 is 9.53 Å². The summed E-state index contributed by atoms with van der Waals surface area (Å²) >= 11 is 0. The summed E-state index contributed by atoms with van der Waals surface area (Å²) in [5.74, 6) is -2.69. The summed E-state index contributed by atoms with van der Waals surface area (Å²) in [5.41, 5.74) is -0.431. The molecule has 0 aliphatic carbocycles. The first-order valence-electron chi connectivity index (χ1n) is 4.48. The number of carbonyl (C=O) groups is 3. The van der Waals surface area contributed by atoms with Crippen LogP contribution in [0.25, 0.3) is 0 Å². The van der Waals surface area contributed by atoms with Crippen molar-refractivity contribution in [2.24, 2.45) is 0 Å². The molecule has 7 nitrogen and oxygen atoms in total. The fourth-order valence-electron chi connectivity index (χ4n) is 1.01. The maximum Gasteiger partial charge on any atom is 0.380 e. The van der Waals surface area contributed by atoms with E-state index in [1.54, 1.807) is 0 Å². The summed E-state index contributed by atoms with van der Waals surface area (Å²) in [6.07, 6.45) is -0.359. The van der Waals surface area contributed by atoms with Gasteiger partial charge in [-0.05, 0) is 6.07 Å². The predicted molar refractivity (Wildman–Crippen MR) is 54.4 cm³/mol. The van der Waals surface area contributed by atoms with Gasteiger partial charge in [0.25, 0.3) is 0 Å². The van der Waals surface area contributed by atoms with E-state index in [2.05, 4.69) is 4.74 Å². The van der Waals surface area contributed by atoms with Crippen LogP contribution >= 0.6 is 0 Å². The van der Waals surface area contributed by atoms with Crippen molar-refractivity contribution < 1.29 is 24.0 Å². The van der Waals surface area contributed by atoms with Crippen molar-refractivity contribution in [2.45, 2.75) is 6.42 Å². The van der Waals surface area contributed by atoms with Gasteiger partial charge >= 0.3 is 11.7 Å². The molecule has 1 rings (SSSR count). The Labute approximate surface area is 95.1 Å². The minimum atomic E-state index is -1.30. The van der Waals surface area contributed by atoms with E-state index in [-0.39, 0.29) is 12.0 Å². The zero-order valence-electron chi connectivity index (χ0n) is 8.49. The average molecular weight is 237 g/mol. The summed E-state index contributed by atoms with van der Waals surface area (Å²) in [5, 5.41) is 10.6. The van der Waals surface area contributed by atoms with E-state index < -0.39 is 28.8 Å². The summed E-state index contributed by atoms with van der Waals surface area (Å²) in [7, 11) is 0. The van der Waals surface area contributed by atoms with Gasteiger partial charge in [-0.1, -0.05) is 12.1 Å². The van der Waals surface area contributed by atoms with Crippen molar-refractivity contribution in [1.29, 1.82) is 0 Å². The second-order valence-corrected chi connectivity index (χ2v) is 2.91. The lowest BCUT2D eigenvalue weighted by Crippen LogP contribution is -2.20. The van der Waals surface area contributed by atoms with Crippen LogP contribution in [0, 0.1) is 10.1 Å². The first kappa shape index (κ1) is 12.5. The monoisotopic (exact) mass is 237 g/mol. The summed E-state index contributed by atoms with van der Waals surface area (Å²) in [6.45, 7) is 0. The third kappa shape index (κ3) is 3.20. The van der Waals surface area contributed by atoms with Crippen LogP contribution in [0.15, 0.2) is 24.3 Å². The lowest BCUT2D eigenvalue weighted by Gasteiger charge is -2.02. The summed E-state index contributed by atoms with van der Waals surface area (Å²) < 4.78 is 4.53. The van der Waals surface area contributed by atoms with Gasteiger partial charge in [-0.3, -0.25) is 14.9 Å². The molecule has 0 spiro atoms. The number of para-hydroxylation sites is 2. The third-order valence-electron chi connectivity index (χ3n) is 1.76. The molecule has 0 unspecified atom stereocenters. The molecule has 0 heterocycles. The van der Waals surface area contributed by atoms with Crippen LogP contribution in [0.4, 0.5) is 5.69 Å². The smallest absolute Gasteiger partial charge is 0.380 e. The normalized spacial score (nSPS) is 9.41. The van der Waals surface area contributed by atoms with Crippen molar-refractivity contribution in [1.82, 2.24) is 0 Å². The van der Waals surface area contributed by atoms with Crippen LogP contribution in [-0.4, -0.2) is 23.0 Å². The second kappa shape index (κ2) is 5.50. The zero-order chi connectivity index (χ0) is 12.8. The first-order valence-corrected chi connectivity index (χ1v) is 4.48. The highest BCUT2D eigenvalue weighted by atomic mass is 16.6. The standard InChI is InChI=1S/C10H7NO6/c12-6-5-8(13)10(14)17-9-4-2-1-3-7(9)11(15)16/h1-4,6H,5H2. The Morgan fingerprint density at radius 2 is 2.00 bits per heavy atom. The number of aldehydes is 1. The Morgan fingerprint density at radius 1 is 1.35 bits per heavy atom. The van der Waals surface area contributed by atoms with Crippen molar-refractivity contribution in [3.8, 4) is 5.75 Å². The topological polar surface area (TPSA) is 104 Å². The number of ether oxygens (including phenoxy) is 1. The fraction of sp³-hybridized carbons (Fsp3) is 0.100. The SMILES string of the molecule is O=CCC(=O)C(=O)Oc1ccccc1[N+](=O)[O-]. The van der Waals surface area contributed by atoms with Gasteiger partial charge in [0.2, 0.25) is 11.5 Å². The van der Waals surface area contributed by atoms with Gasteiger partial charge in [0, 0.05) is 6.07 Å². The number of Topliss-reactive ketones (excluding diaryl/α,β-unsaturated/α-hetero) is 1. The van der Waals surface area contributed by atoms with Gasteiger partial charge in [0.1, 0.15) is 6.29 Å². The van der Waals surface area contributed by atoms with E-state index in [1.807, 2.05) is 0 Å². The molecule has 0 saturated carbocycles. The van der Waals surface area contributed by atoms with Crippen LogP contribution in [0.1, 0.15) is 6.42 Å². The number of rotatable bonds is 5. The van der Waals surface area contributed by atoms with E-state index in [9.17, 15) is 24.5 Å². The van der Waals surface area contributed by atoms with Crippen LogP contribution in [0.5, 0.6) is 5.75 Å². The van der Waals surface area contributed by atoms with E-state index in [0.29, 0.717) is 0 Å². The van der Waals surface area contributed by atoms with Crippen LogP contribution < -0.4 is 4.74 Å². The van der Waals surface area contributed by atoms with Crippen molar-refractivity contribution in [3.63, 3.8) is 0 Å². The Balaban J connectivity index is 2.88. The number of nitro benzene ring substituents is 1.